The number of rotatable bonds is 2. The summed E-state index contributed by atoms with van der Waals surface area (Å²) in [7, 11) is 3.57. The largest absolute Gasteiger partial charge is 0.355 e. The standard InChI is InChI=1S/C30H34N8O/c1-36(2)29(39)19-7-8-20-16-30(27(31)21(20)15-19)9-13-37(14-10-30)25-18-33-26-23(35-25)17-34-28(26)38-12-4-5-22-24(38)6-3-11-32-22/h3,6-8,11,15,18,27H,4-5,9-10,12-14,16-17,31H2,1-2H3/t27-/m0/s1. The van der Waals surface area contributed by atoms with Gasteiger partial charge in [0.05, 0.1) is 29.8 Å². The van der Waals surface area contributed by atoms with Gasteiger partial charge in [-0.1, -0.05) is 6.07 Å². The molecule has 1 amide bonds. The molecule has 2 N–H and O–H groups in total. The first kappa shape index (κ1) is 24.2. The lowest BCUT2D eigenvalue weighted by atomic mass is 9.73. The lowest BCUT2D eigenvalue weighted by molar-refractivity contribution is 0.0827. The molecule has 4 aliphatic rings. The van der Waals surface area contributed by atoms with Gasteiger partial charge in [-0.05, 0) is 72.9 Å². The zero-order valence-electron chi connectivity index (χ0n) is 22.6. The predicted octanol–water partition coefficient (Wildman–Crippen LogP) is 3.13. The molecule has 5 heterocycles. The topological polar surface area (TPSA) is 104 Å². The van der Waals surface area contributed by atoms with Gasteiger partial charge in [-0.2, -0.15) is 0 Å². The highest BCUT2D eigenvalue weighted by Gasteiger charge is 2.46. The first-order valence-corrected chi connectivity index (χ1v) is 13.9. The van der Waals surface area contributed by atoms with Crippen LogP contribution in [0, 0.1) is 5.41 Å². The summed E-state index contributed by atoms with van der Waals surface area (Å²) < 4.78 is 0. The van der Waals surface area contributed by atoms with E-state index >= 15 is 0 Å². The lowest BCUT2D eigenvalue weighted by Crippen LogP contribution is -2.44. The monoisotopic (exact) mass is 522 g/mol. The Bertz CT molecular complexity index is 1490. The van der Waals surface area contributed by atoms with Gasteiger partial charge >= 0.3 is 0 Å². The number of amidine groups is 1. The summed E-state index contributed by atoms with van der Waals surface area (Å²) in [5.41, 5.74) is 14.1. The van der Waals surface area contributed by atoms with Crippen LogP contribution >= 0.6 is 0 Å². The van der Waals surface area contributed by atoms with Crippen molar-refractivity contribution >= 4 is 23.2 Å². The number of carbonyl (C=O) groups excluding carboxylic acids is 1. The zero-order chi connectivity index (χ0) is 26.7. The summed E-state index contributed by atoms with van der Waals surface area (Å²) in [6.45, 7) is 3.25. The third kappa shape index (κ3) is 3.90. The highest BCUT2D eigenvalue weighted by atomic mass is 16.2. The number of pyridine rings is 1. The van der Waals surface area contributed by atoms with Crippen LogP contribution in [0.2, 0.25) is 0 Å². The Labute approximate surface area is 228 Å². The number of aliphatic imine (C=N–C) groups is 1. The number of anilines is 2. The molecule has 2 aromatic heterocycles. The van der Waals surface area contributed by atoms with Crippen molar-refractivity contribution in [1.82, 2.24) is 19.9 Å². The van der Waals surface area contributed by atoms with Crippen LogP contribution in [0.4, 0.5) is 11.5 Å². The molecule has 0 bridgehead atoms. The maximum Gasteiger partial charge on any atom is 0.253 e. The number of aryl methyl sites for hydroxylation is 1. The molecule has 1 aromatic carbocycles. The van der Waals surface area contributed by atoms with E-state index in [0.717, 1.165) is 91.7 Å². The molecule has 1 aliphatic carbocycles. The van der Waals surface area contributed by atoms with Crippen molar-refractivity contribution in [3.63, 3.8) is 0 Å². The predicted molar refractivity (Wildman–Crippen MR) is 151 cm³/mol. The fourth-order valence-electron chi connectivity index (χ4n) is 6.84. The highest BCUT2D eigenvalue weighted by molar-refractivity contribution is 6.11. The molecule has 9 heteroatoms. The van der Waals surface area contributed by atoms with Crippen molar-refractivity contribution in [3.05, 3.63) is 76.5 Å². The minimum Gasteiger partial charge on any atom is -0.355 e. The zero-order valence-corrected chi connectivity index (χ0v) is 22.6. The Hall–Kier alpha value is -3.85. The first-order chi connectivity index (χ1) is 18.9. The normalized spacial score (nSPS) is 20.9. The van der Waals surface area contributed by atoms with E-state index in [4.69, 9.17) is 20.7 Å². The molecule has 200 valence electrons. The second-order valence-corrected chi connectivity index (χ2v) is 11.5. The minimum absolute atomic E-state index is 0.0178. The lowest BCUT2D eigenvalue weighted by Gasteiger charge is -2.42. The summed E-state index contributed by atoms with van der Waals surface area (Å²) in [6.07, 6.45) is 8.76. The van der Waals surface area contributed by atoms with E-state index < -0.39 is 0 Å². The summed E-state index contributed by atoms with van der Waals surface area (Å²) in [5.74, 6) is 1.85. The molecule has 3 aromatic rings. The molecule has 39 heavy (non-hydrogen) atoms. The number of carbonyl (C=O) groups is 1. The van der Waals surface area contributed by atoms with Gasteiger partial charge in [0.15, 0.2) is 5.84 Å². The average Bonchev–Trinajstić information content (AvgIpc) is 3.50. The van der Waals surface area contributed by atoms with Crippen LogP contribution in [0.1, 0.15) is 63.9 Å². The van der Waals surface area contributed by atoms with Crippen molar-refractivity contribution in [2.75, 3.05) is 43.5 Å². The molecule has 1 fully saturated rings. The fourth-order valence-corrected chi connectivity index (χ4v) is 6.84. The number of fused-ring (bicyclic) bond motifs is 3. The van der Waals surface area contributed by atoms with E-state index in [2.05, 4.69) is 26.9 Å². The highest BCUT2D eigenvalue weighted by Crippen LogP contribution is 2.51. The second-order valence-electron chi connectivity index (χ2n) is 11.5. The fraction of sp³-hybridized carbons (Fsp3) is 0.433. The first-order valence-electron chi connectivity index (χ1n) is 13.9. The van der Waals surface area contributed by atoms with Gasteiger partial charge in [0.1, 0.15) is 11.5 Å². The quantitative estimate of drug-likeness (QED) is 0.552. The van der Waals surface area contributed by atoms with E-state index in [1.54, 1.807) is 19.0 Å². The number of nitrogens with two attached hydrogens (primary N) is 1. The SMILES string of the molecule is CN(C)C(=O)c1ccc2c(c1)[C@H](N)C1(CCN(c3cnc4c(n3)CN=C4N3CCCc4ncccc43)CC1)C2. The van der Waals surface area contributed by atoms with E-state index in [1.165, 1.54) is 5.56 Å². The third-order valence-corrected chi connectivity index (χ3v) is 9.05. The molecule has 9 nitrogen and oxygen atoms in total. The second kappa shape index (κ2) is 9.12. The summed E-state index contributed by atoms with van der Waals surface area (Å²) in [5, 5.41) is 0. The van der Waals surface area contributed by atoms with Gasteiger partial charge in [0, 0.05) is 51.5 Å². The molecule has 1 saturated heterocycles. The maximum absolute atomic E-state index is 12.5. The van der Waals surface area contributed by atoms with Crippen LogP contribution in [-0.2, 0) is 19.4 Å². The van der Waals surface area contributed by atoms with E-state index in [1.807, 2.05) is 30.6 Å². The molecule has 0 radical (unpaired) electrons. The Balaban J connectivity index is 1.06. The van der Waals surface area contributed by atoms with Crippen molar-refractivity contribution in [3.8, 4) is 0 Å². The van der Waals surface area contributed by atoms with E-state index in [0.29, 0.717) is 12.1 Å². The number of hydrogen-bond acceptors (Lipinski definition) is 8. The van der Waals surface area contributed by atoms with Crippen molar-refractivity contribution in [2.45, 2.75) is 44.7 Å². The number of piperidine rings is 1. The molecule has 1 atom stereocenters. The van der Waals surface area contributed by atoms with Gasteiger partial charge < -0.3 is 20.4 Å². The van der Waals surface area contributed by atoms with Crippen molar-refractivity contribution in [1.29, 1.82) is 0 Å². The van der Waals surface area contributed by atoms with Crippen LogP contribution < -0.4 is 15.5 Å². The van der Waals surface area contributed by atoms with Crippen LogP contribution in [0.25, 0.3) is 0 Å². The molecular formula is C30H34N8O. The van der Waals surface area contributed by atoms with Gasteiger partial charge in [-0.15, -0.1) is 0 Å². The number of amides is 1. The van der Waals surface area contributed by atoms with Crippen LogP contribution in [0.15, 0.2) is 47.7 Å². The van der Waals surface area contributed by atoms with Crippen molar-refractivity contribution in [2.24, 2.45) is 16.1 Å². The van der Waals surface area contributed by atoms with E-state index in [9.17, 15) is 4.79 Å². The molecule has 1 spiro atoms. The molecule has 3 aliphatic heterocycles. The molecular weight excluding hydrogens is 488 g/mol. The number of aromatic nitrogens is 3. The minimum atomic E-state index is -0.0615. The van der Waals surface area contributed by atoms with Crippen LogP contribution in [0.3, 0.4) is 0 Å². The maximum atomic E-state index is 12.5. The summed E-state index contributed by atoms with van der Waals surface area (Å²) in [4.78, 5) is 38.1. The van der Waals surface area contributed by atoms with Gasteiger partial charge in [-0.25, -0.2) is 9.97 Å². The van der Waals surface area contributed by atoms with Crippen molar-refractivity contribution < 1.29 is 4.79 Å². The smallest absolute Gasteiger partial charge is 0.253 e. The molecule has 0 unspecified atom stereocenters. The number of nitrogens with zero attached hydrogens (tertiary/aromatic N) is 7. The van der Waals surface area contributed by atoms with Gasteiger partial charge in [0.2, 0.25) is 0 Å². The Morgan fingerprint density at radius 2 is 1.95 bits per heavy atom. The Morgan fingerprint density at radius 3 is 2.77 bits per heavy atom. The summed E-state index contributed by atoms with van der Waals surface area (Å²) >= 11 is 0. The number of benzene rings is 1. The van der Waals surface area contributed by atoms with Crippen LogP contribution in [0.5, 0.6) is 0 Å². The van der Waals surface area contributed by atoms with E-state index in [-0.39, 0.29) is 17.4 Å². The molecule has 0 saturated carbocycles. The van der Waals surface area contributed by atoms with Gasteiger partial charge in [-0.3, -0.25) is 14.8 Å². The van der Waals surface area contributed by atoms with Crippen LogP contribution in [-0.4, -0.2) is 65.3 Å². The summed E-state index contributed by atoms with van der Waals surface area (Å²) in [6, 6.07) is 10.1. The Kier molecular flexibility index (Phi) is 5.66. The van der Waals surface area contributed by atoms with Gasteiger partial charge in [0.25, 0.3) is 5.91 Å². The third-order valence-electron chi connectivity index (χ3n) is 9.05. The average molecular weight is 523 g/mol. The molecule has 7 rings (SSSR count). The Morgan fingerprint density at radius 1 is 1.10 bits per heavy atom. The number of hydrogen-bond donors (Lipinski definition) is 1.